The van der Waals surface area contributed by atoms with Crippen LogP contribution in [-0.4, -0.2) is 36.4 Å². The number of hydrogen-bond donors (Lipinski definition) is 1. The van der Waals surface area contributed by atoms with Crippen LogP contribution in [0.5, 0.6) is 0 Å². The first-order valence-corrected chi connectivity index (χ1v) is 8.51. The Morgan fingerprint density at radius 1 is 1.33 bits per heavy atom. The highest BCUT2D eigenvalue weighted by atomic mass is 32.2. The number of sulfonamides is 1. The van der Waals surface area contributed by atoms with Crippen LogP contribution in [0.15, 0.2) is 23.1 Å². The molecule has 1 heterocycles. The molecular weight excluding hydrogens is 354 g/mol. The molecule has 1 aliphatic rings. The zero-order chi connectivity index (χ0) is 18.3. The molecule has 1 saturated heterocycles. The second kappa shape index (κ2) is 6.32. The van der Waals surface area contributed by atoms with Crippen LogP contribution >= 0.6 is 0 Å². The Labute approximate surface area is 135 Å². The summed E-state index contributed by atoms with van der Waals surface area (Å²) < 4.78 is 78.1. The molecule has 5 nitrogen and oxygen atoms in total. The van der Waals surface area contributed by atoms with E-state index in [-0.39, 0.29) is 25.5 Å². The summed E-state index contributed by atoms with van der Waals surface area (Å²) >= 11 is 0. The molecule has 10 heteroatoms. The van der Waals surface area contributed by atoms with Crippen molar-refractivity contribution in [1.82, 2.24) is 4.31 Å². The molecule has 0 spiro atoms. The van der Waals surface area contributed by atoms with Crippen LogP contribution in [0.2, 0.25) is 0 Å². The van der Waals surface area contributed by atoms with Crippen LogP contribution in [0.4, 0.5) is 17.6 Å². The Hall–Kier alpha value is -1.68. The van der Waals surface area contributed by atoms with Crippen molar-refractivity contribution in [3.63, 3.8) is 0 Å². The zero-order valence-electron chi connectivity index (χ0n) is 12.5. The molecular formula is C14H15F4NO4S. The van der Waals surface area contributed by atoms with Crippen LogP contribution in [0, 0.1) is 11.7 Å². The van der Waals surface area contributed by atoms with Gasteiger partial charge in [-0.1, -0.05) is 0 Å². The third kappa shape index (κ3) is 3.39. The number of carboxylic acid groups (broad SMARTS) is 1. The average molecular weight is 369 g/mol. The van der Waals surface area contributed by atoms with E-state index in [9.17, 15) is 30.8 Å². The number of aliphatic carboxylic acids is 1. The van der Waals surface area contributed by atoms with Crippen molar-refractivity contribution in [2.45, 2.75) is 36.9 Å². The summed E-state index contributed by atoms with van der Waals surface area (Å²) in [4.78, 5) is 10.1. The predicted molar refractivity (Wildman–Crippen MR) is 75.1 cm³/mol. The van der Waals surface area contributed by atoms with Gasteiger partial charge in [0.15, 0.2) is 0 Å². The smallest absolute Gasteiger partial charge is 0.416 e. The molecule has 1 aliphatic heterocycles. The normalized spacial score (nSPS) is 23.2. The van der Waals surface area contributed by atoms with Crippen molar-refractivity contribution >= 4 is 16.0 Å². The monoisotopic (exact) mass is 369 g/mol. The van der Waals surface area contributed by atoms with Crippen molar-refractivity contribution in [3.8, 4) is 0 Å². The fourth-order valence-corrected chi connectivity index (χ4v) is 4.58. The minimum absolute atomic E-state index is 0.0804. The molecule has 0 aliphatic carbocycles. The number of halogens is 4. The summed E-state index contributed by atoms with van der Waals surface area (Å²) in [6.07, 6.45) is -4.36. The van der Waals surface area contributed by atoms with E-state index in [1.807, 2.05) is 0 Å². The first-order valence-electron chi connectivity index (χ1n) is 7.07. The molecule has 0 amide bonds. The maximum absolute atomic E-state index is 13.9. The maximum atomic E-state index is 13.9. The highest BCUT2D eigenvalue weighted by Crippen LogP contribution is 2.34. The van der Waals surface area contributed by atoms with Crippen molar-refractivity contribution in [2.75, 3.05) is 6.54 Å². The van der Waals surface area contributed by atoms with E-state index in [2.05, 4.69) is 0 Å². The summed E-state index contributed by atoms with van der Waals surface area (Å²) in [6, 6.07) is 0.143. The molecule has 1 aromatic rings. The molecule has 134 valence electrons. The van der Waals surface area contributed by atoms with Gasteiger partial charge in [0.1, 0.15) is 10.7 Å². The average Bonchev–Trinajstić information content (AvgIpc) is 2.45. The molecule has 0 unspecified atom stereocenters. The van der Waals surface area contributed by atoms with Gasteiger partial charge in [0.05, 0.1) is 11.5 Å². The number of rotatable bonds is 3. The lowest BCUT2D eigenvalue weighted by atomic mass is 9.92. The molecule has 0 radical (unpaired) electrons. The lowest BCUT2D eigenvalue weighted by molar-refractivity contribution is -0.144. The number of carboxylic acids is 1. The maximum Gasteiger partial charge on any atom is 0.416 e. The Morgan fingerprint density at radius 3 is 2.50 bits per heavy atom. The van der Waals surface area contributed by atoms with E-state index in [4.69, 9.17) is 5.11 Å². The lowest BCUT2D eigenvalue weighted by Gasteiger charge is -2.36. The fraction of sp³-hybridized carbons (Fsp3) is 0.500. The van der Waals surface area contributed by atoms with Crippen LogP contribution < -0.4 is 0 Å². The first-order chi connectivity index (χ1) is 11.0. The SMILES string of the molecule is C[C@@H]1[C@H](C(=O)O)CCCN1S(=O)(=O)c1cc(C(F)(F)F)ccc1F. The zero-order valence-corrected chi connectivity index (χ0v) is 13.4. The van der Waals surface area contributed by atoms with Crippen molar-refractivity contribution in [3.05, 3.63) is 29.6 Å². The minimum atomic E-state index is -4.82. The van der Waals surface area contributed by atoms with Gasteiger partial charge in [0.2, 0.25) is 10.0 Å². The van der Waals surface area contributed by atoms with Crippen LogP contribution in [0.1, 0.15) is 25.3 Å². The minimum Gasteiger partial charge on any atom is -0.481 e. The predicted octanol–water partition coefficient (Wildman–Crippen LogP) is 2.72. The van der Waals surface area contributed by atoms with E-state index in [0.717, 1.165) is 4.31 Å². The Balaban J connectivity index is 2.49. The number of piperidine rings is 1. The number of carbonyl (C=O) groups is 1. The summed E-state index contributed by atoms with van der Waals surface area (Å²) in [5.41, 5.74) is -1.29. The largest absolute Gasteiger partial charge is 0.481 e. The first kappa shape index (κ1) is 18.7. The Kier molecular flexibility index (Phi) is 4.91. The van der Waals surface area contributed by atoms with Crippen LogP contribution in [-0.2, 0) is 21.0 Å². The van der Waals surface area contributed by atoms with E-state index in [1.54, 1.807) is 0 Å². The van der Waals surface area contributed by atoms with Gasteiger partial charge >= 0.3 is 12.1 Å². The van der Waals surface area contributed by atoms with Crippen molar-refractivity contribution < 1.29 is 35.9 Å². The van der Waals surface area contributed by atoms with E-state index >= 15 is 0 Å². The summed E-state index contributed by atoms with van der Waals surface area (Å²) in [6.45, 7) is 1.27. The van der Waals surface area contributed by atoms with Crippen molar-refractivity contribution in [2.24, 2.45) is 5.92 Å². The fourth-order valence-electron chi connectivity index (χ4n) is 2.79. The Morgan fingerprint density at radius 2 is 1.96 bits per heavy atom. The summed E-state index contributed by atoms with van der Waals surface area (Å²) in [7, 11) is -4.60. The standard InChI is InChI=1S/C14H15F4NO4S/c1-8-10(13(20)21)3-2-6-19(8)24(22,23)12-7-9(14(16,17)18)4-5-11(12)15/h4-5,7-8,10H,2-3,6H2,1H3,(H,20,21)/t8-,10-/m1/s1. The van der Waals surface area contributed by atoms with Gasteiger partial charge in [-0.2, -0.15) is 17.5 Å². The van der Waals surface area contributed by atoms with Crippen LogP contribution in [0.3, 0.4) is 0 Å². The molecule has 24 heavy (non-hydrogen) atoms. The molecule has 0 saturated carbocycles. The van der Waals surface area contributed by atoms with Gasteiger partial charge in [-0.05, 0) is 38.0 Å². The summed E-state index contributed by atoms with van der Waals surface area (Å²) in [5.74, 6) is -3.51. The van der Waals surface area contributed by atoms with Crippen LogP contribution in [0.25, 0.3) is 0 Å². The summed E-state index contributed by atoms with van der Waals surface area (Å²) in [5, 5.41) is 9.12. The molecule has 2 rings (SSSR count). The third-order valence-electron chi connectivity index (χ3n) is 4.09. The van der Waals surface area contributed by atoms with E-state index in [1.165, 1.54) is 6.92 Å². The van der Waals surface area contributed by atoms with E-state index < -0.39 is 50.4 Å². The molecule has 0 bridgehead atoms. The highest BCUT2D eigenvalue weighted by Gasteiger charge is 2.41. The van der Waals surface area contributed by atoms with Gasteiger partial charge in [-0.25, -0.2) is 12.8 Å². The van der Waals surface area contributed by atoms with Gasteiger partial charge in [-0.3, -0.25) is 4.79 Å². The molecule has 0 aromatic heterocycles. The number of hydrogen-bond acceptors (Lipinski definition) is 3. The second-order valence-electron chi connectivity index (χ2n) is 5.59. The van der Waals surface area contributed by atoms with E-state index in [0.29, 0.717) is 12.1 Å². The van der Waals surface area contributed by atoms with Crippen molar-refractivity contribution in [1.29, 1.82) is 0 Å². The third-order valence-corrected chi connectivity index (χ3v) is 6.09. The molecule has 2 atom stereocenters. The van der Waals surface area contributed by atoms with Gasteiger partial charge < -0.3 is 5.11 Å². The lowest BCUT2D eigenvalue weighted by Crippen LogP contribution is -2.49. The topological polar surface area (TPSA) is 74.7 Å². The molecule has 1 fully saturated rings. The molecule has 1 aromatic carbocycles. The van der Waals surface area contributed by atoms with Gasteiger partial charge in [0, 0.05) is 12.6 Å². The Bertz CT molecular complexity index is 748. The number of nitrogens with zero attached hydrogens (tertiary/aromatic N) is 1. The van der Waals surface area contributed by atoms with Gasteiger partial charge in [-0.15, -0.1) is 0 Å². The number of benzene rings is 1. The quantitative estimate of drug-likeness (QED) is 0.832. The second-order valence-corrected chi connectivity index (χ2v) is 7.45. The molecule has 1 N–H and O–H groups in total. The van der Waals surface area contributed by atoms with Gasteiger partial charge in [0.25, 0.3) is 0 Å². The highest BCUT2D eigenvalue weighted by molar-refractivity contribution is 7.89. The number of alkyl halides is 3.